The van der Waals surface area contributed by atoms with Gasteiger partial charge >= 0.3 is 0 Å². The highest BCUT2D eigenvalue weighted by Crippen LogP contribution is 2.40. The number of benzene rings is 1. The maximum atomic E-state index is 13.3. The molecule has 3 N–H and O–H groups in total. The molecule has 1 aliphatic rings. The van der Waals surface area contributed by atoms with Crippen molar-refractivity contribution in [2.45, 2.75) is 57.1 Å². The average molecular weight is 280 g/mol. The molecule has 0 aliphatic heterocycles. The van der Waals surface area contributed by atoms with Crippen LogP contribution >= 0.6 is 0 Å². The fourth-order valence-electron chi connectivity index (χ4n) is 3.43. The van der Waals surface area contributed by atoms with Crippen molar-refractivity contribution in [2.24, 2.45) is 5.84 Å². The van der Waals surface area contributed by atoms with E-state index < -0.39 is 0 Å². The van der Waals surface area contributed by atoms with E-state index in [1.807, 2.05) is 13.0 Å². The summed E-state index contributed by atoms with van der Waals surface area (Å²) in [5.74, 6) is 5.62. The molecule has 0 spiro atoms. The first-order valence-corrected chi connectivity index (χ1v) is 7.40. The Kier molecular flexibility index (Phi) is 5.13. The summed E-state index contributed by atoms with van der Waals surface area (Å²) >= 11 is 0. The van der Waals surface area contributed by atoms with E-state index in [4.69, 9.17) is 10.6 Å². The fourth-order valence-corrected chi connectivity index (χ4v) is 3.43. The van der Waals surface area contributed by atoms with Crippen molar-refractivity contribution in [2.75, 3.05) is 7.11 Å². The molecule has 112 valence electrons. The van der Waals surface area contributed by atoms with Crippen LogP contribution in [0.3, 0.4) is 0 Å². The van der Waals surface area contributed by atoms with Crippen LogP contribution in [0.25, 0.3) is 0 Å². The lowest BCUT2D eigenvalue weighted by molar-refractivity contribution is -0.0543. The van der Waals surface area contributed by atoms with E-state index >= 15 is 0 Å². The Morgan fingerprint density at radius 1 is 1.25 bits per heavy atom. The molecule has 3 nitrogen and oxygen atoms in total. The summed E-state index contributed by atoms with van der Waals surface area (Å²) in [6, 6.07) is 4.76. The SMILES string of the molecule is COC1(C(NN)c2ccc(F)cc2C)CCCCCC1. The number of hydrogen-bond acceptors (Lipinski definition) is 3. The van der Waals surface area contributed by atoms with Crippen LogP contribution in [0.1, 0.15) is 55.7 Å². The van der Waals surface area contributed by atoms with Gasteiger partial charge in [-0.2, -0.15) is 0 Å². The molecule has 1 fully saturated rings. The van der Waals surface area contributed by atoms with Crippen molar-refractivity contribution >= 4 is 0 Å². The van der Waals surface area contributed by atoms with Crippen molar-refractivity contribution in [3.63, 3.8) is 0 Å². The molecule has 1 aromatic carbocycles. The minimum absolute atomic E-state index is 0.105. The second-order valence-corrected chi connectivity index (χ2v) is 5.78. The summed E-state index contributed by atoms with van der Waals surface area (Å²) < 4.78 is 19.2. The molecule has 0 bridgehead atoms. The van der Waals surface area contributed by atoms with E-state index in [9.17, 15) is 4.39 Å². The van der Waals surface area contributed by atoms with Gasteiger partial charge in [-0.25, -0.2) is 4.39 Å². The second-order valence-electron chi connectivity index (χ2n) is 5.78. The van der Waals surface area contributed by atoms with Gasteiger partial charge in [0.2, 0.25) is 0 Å². The first kappa shape index (κ1) is 15.4. The Morgan fingerprint density at radius 2 is 1.90 bits per heavy atom. The lowest BCUT2D eigenvalue weighted by Crippen LogP contribution is -2.48. The Bertz CT molecular complexity index is 442. The quantitative estimate of drug-likeness (QED) is 0.505. The summed E-state index contributed by atoms with van der Waals surface area (Å²) in [6.07, 6.45) is 6.73. The van der Waals surface area contributed by atoms with Crippen LogP contribution in [0, 0.1) is 12.7 Å². The van der Waals surface area contributed by atoms with Gasteiger partial charge in [0.05, 0.1) is 11.6 Å². The molecule has 0 saturated heterocycles. The van der Waals surface area contributed by atoms with Crippen LogP contribution in [-0.4, -0.2) is 12.7 Å². The zero-order valence-electron chi connectivity index (χ0n) is 12.4. The molecule has 20 heavy (non-hydrogen) atoms. The maximum Gasteiger partial charge on any atom is 0.123 e. The van der Waals surface area contributed by atoms with Crippen LogP contribution < -0.4 is 11.3 Å². The zero-order chi connectivity index (χ0) is 14.6. The normalized spacial score (nSPS) is 20.4. The molecule has 1 saturated carbocycles. The number of hydrazine groups is 1. The van der Waals surface area contributed by atoms with Crippen molar-refractivity contribution in [1.29, 1.82) is 0 Å². The van der Waals surface area contributed by atoms with Crippen molar-refractivity contribution in [3.8, 4) is 0 Å². The summed E-state index contributed by atoms with van der Waals surface area (Å²) in [4.78, 5) is 0. The number of methoxy groups -OCH3 is 1. The number of ether oxygens (including phenoxy) is 1. The Labute approximate surface area is 120 Å². The minimum Gasteiger partial charge on any atom is -0.376 e. The maximum absolute atomic E-state index is 13.3. The minimum atomic E-state index is -0.298. The van der Waals surface area contributed by atoms with E-state index in [1.54, 1.807) is 13.2 Å². The van der Waals surface area contributed by atoms with Crippen LogP contribution in [-0.2, 0) is 4.74 Å². The van der Waals surface area contributed by atoms with Gasteiger partial charge in [0.25, 0.3) is 0 Å². The largest absolute Gasteiger partial charge is 0.376 e. The number of aryl methyl sites for hydroxylation is 1. The monoisotopic (exact) mass is 280 g/mol. The van der Waals surface area contributed by atoms with E-state index in [-0.39, 0.29) is 17.5 Å². The third-order valence-corrected chi connectivity index (χ3v) is 4.59. The molecule has 0 radical (unpaired) electrons. The predicted octanol–water partition coefficient (Wildman–Crippen LogP) is 3.38. The third kappa shape index (κ3) is 3.03. The lowest BCUT2D eigenvalue weighted by atomic mass is 9.81. The molecule has 1 atom stereocenters. The molecular formula is C16H25FN2O. The third-order valence-electron chi connectivity index (χ3n) is 4.59. The van der Waals surface area contributed by atoms with Crippen LogP contribution in [0.5, 0.6) is 0 Å². The first-order chi connectivity index (χ1) is 9.63. The van der Waals surface area contributed by atoms with E-state index in [0.717, 1.165) is 36.8 Å². The average Bonchev–Trinajstić information content (AvgIpc) is 2.68. The smallest absolute Gasteiger partial charge is 0.123 e. The van der Waals surface area contributed by atoms with Crippen LogP contribution in [0.2, 0.25) is 0 Å². The summed E-state index contributed by atoms with van der Waals surface area (Å²) in [6.45, 7) is 1.92. The van der Waals surface area contributed by atoms with Gasteiger partial charge in [0.1, 0.15) is 5.82 Å². The topological polar surface area (TPSA) is 47.3 Å². The van der Waals surface area contributed by atoms with Crippen molar-refractivity contribution < 1.29 is 9.13 Å². The van der Waals surface area contributed by atoms with Gasteiger partial charge in [0.15, 0.2) is 0 Å². The number of hydrogen-bond donors (Lipinski definition) is 2. The van der Waals surface area contributed by atoms with Crippen LogP contribution in [0.4, 0.5) is 4.39 Å². The predicted molar refractivity (Wildman–Crippen MR) is 78.6 cm³/mol. The van der Waals surface area contributed by atoms with E-state index in [2.05, 4.69) is 5.43 Å². The number of halogens is 1. The first-order valence-electron chi connectivity index (χ1n) is 7.40. The molecule has 1 unspecified atom stereocenters. The molecule has 0 amide bonds. The summed E-state index contributed by atoms with van der Waals surface area (Å²) in [7, 11) is 1.76. The van der Waals surface area contributed by atoms with Gasteiger partial charge in [-0.3, -0.25) is 11.3 Å². The van der Waals surface area contributed by atoms with Gasteiger partial charge in [-0.1, -0.05) is 31.7 Å². The second kappa shape index (κ2) is 6.66. The van der Waals surface area contributed by atoms with E-state index in [1.165, 1.54) is 18.9 Å². The highest BCUT2D eigenvalue weighted by Gasteiger charge is 2.40. The zero-order valence-corrected chi connectivity index (χ0v) is 12.4. The fraction of sp³-hybridized carbons (Fsp3) is 0.625. The Balaban J connectivity index is 2.37. The molecule has 1 aromatic rings. The number of rotatable bonds is 4. The molecule has 2 rings (SSSR count). The molecular weight excluding hydrogens is 255 g/mol. The summed E-state index contributed by atoms with van der Waals surface area (Å²) in [5, 5.41) is 0. The Morgan fingerprint density at radius 3 is 2.40 bits per heavy atom. The standard InChI is InChI=1S/C16H25FN2O/c1-12-11-13(17)7-8-14(12)15(19-18)16(20-2)9-5-3-4-6-10-16/h7-8,11,15,19H,3-6,9-10,18H2,1-2H3. The van der Waals surface area contributed by atoms with Gasteiger partial charge in [0, 0.05) is 7.11 Å². The van der Waals surface area contributed by atoms with Gasteiger partial charge in [-0.05, 0) is 43.0 Å². The number of nitrogens with two attached hydrogens (primary N) is 1. The molecule has 0 heterocycles. The summed E-state index contributed by atoms with van der Waals surface area (Å²) in [5.41, 5.74) is 4.56. The Hall–Kier alpha value is -0.970. The van der Waals surface area contributed by atoms with E-state index in [0.29, 0.717) is 0 Å². The van der Waals surface area contributed by atoms with Crippen molar-refractivity contribution in [3.05, 3.63) is 35.1 Å². The van der Waals surface area contributed by atoms with Gasteiger partial charge < -0.3 is 4.74 Å². The number of nitrogens with one attached hydrogen (secondary N) is 1. The molecule has 0 aromatic heterocycles. The van der Waals surface area contributed by atoms with Crippen molar-refractivity contribution in [1.82, 2.24) is 5.43 Å². The lowest BCUT2D eigenvalue weighted by Gasteiger charge is -2.39. The highest BCUT2D eigenvalue weighted by atomic mass is 19.1. The molecule has 4 heteroatoms. The van der Waals surface area contributed by atoms with Gasteiger partial charge in [-0.15, -0.1) is 0 Å². The van der Waals surface area contributed by atoms with Crippen LogP contribution in [0.15, 0.2) is 18.2 Å². The highest BCUT2D eigenvalue weighted by molar-refractivity contribution is 5.31. The molecule has 1 aliphatic carbocycles.